The van der Waals surface area contributed by atoms with Gasteiger partial charge in [0.05, 0.1) is 14.2 Å². The minimum Gasteiger partial charge on any atom is -0.493 e. The number of hydrogen-bond donors (Lipinski definition) is 0. The molecule has 1 aromatic rings. The topological polar surface area (TPSA) is 65.1 Å². The summed E-state index contributed by atoms with van der Waals surface area (Å²) in [4.78, 5) is 27.8. The van der Waals surface area contributed by atoms with Crippen molar-refractivity contribution in [2.24, 2.45) is 5.92 Å². The first kappa shape index (κ1) is 20.5. The van der Waals surface area contributed by atoms with Gasteiger partial charge in [0.2, 0.25) is 0 Å². The van der Waals surface area contributed by atoms with Gasteiger partial charge in [0.1, 0.15) is 5.60 Å². The maximum absolute atomic E-state index is 13.2. The first-order valence-corrected chi connectivity index (χ1v) is 10.0. The summed E-state index contributed by atoms with van der Waals surface area (Å²) >= 11 is 0. The molecule has 2 aliphatic heterocycles. The monoisotopic (exact) mass is 389 g/mol. The minimum atomic E-state index is -0.516. The Morgan fingerprint density at radius 3 is 2.14 bits per heavy atom. The van der Waals surface area contributed by atoms with Crippen molar-refractivity contribution in [1.82, 2.24) is 4.90 Å². The summed E-state index contributed by atoms with van der Waals surface area (Å²) in [6.07, 6.45) is 4.05. The fourth-order valence-corrected chi connectivity index (χ4v) is 4.43. The molecule has 0 radical (unpaired) electrons. The highest BCUT2D eigenvalue weighted by Gasteiger charge is 2.44. The molecule has 2 fully saturated rings. The molecule has 2 bridgehead atoms. The first-order valence-electron chi connectivity index (χ1n) is 10.0. The lowest BCUT2D eigenvalue weighted by atomic mass is 9.76. The van der Waals surface area contributed by atoms with Crippen molar-refractivity contribution in [1.29, 1.82) is 0 Å². The number of methoxy groups -OCH3 is 2. The van der Waals surface area contributed by atoms with Crippen LogP contribution in [-0.2, 0) is 4.74 Å². The van der Waals surface area contributed by atoms with Gasteiger partial charge in [0, 0.05) is 23.6 Å². The highest BCUT2D eigenvalue weighted by molar-refractivity contribution is 5.98. The van der Waals surface area contributed by atoms with Gasteiger partial charge in [-0.1, -0.05) is 0 Å². The quantitative estimate of drug-likeness (QED) is 0.712. The summed E-state index contributed by atoms with van der Waals surface area (Å²) < 4.78 is 16.2. The molecule has 2 saturated heterocycles. The summed E-state index contributed by atoms with van der Waals surface area (Å²) in [6.45, 7) is 5.65. The van der Waals surface area contributed by atoms with Gasteiger partial charge in [-0.2, -0.15) is 0 Å². The Morgan fingerprint density at radius 1 is 1.00 bits per heavy atom. The molecule has 154 valence electrons. The zero-order valence-corrected chi connectivity index (χ0v) is 17.5. The number of nitrogens with zero attached hydrogens (tertiary/aromatic N) is 1. The average Bonchev–Trinajstić information content (AvgIpc) is 2.64. The van der Waals surface area contributed by atoms with Crippen molar-refractivity contribution in [2.45, 2.75) is 70.6 Å². The zero-order chi connectivity index (χ0) is 20.5. The van der Waals surface area contributed by atoms with Crippen LogP contribution in [0.1, 0.15) is 63.2 Å². The molecule has 1 amide bonds. The van der Waals surface area contributed by atoms with Crippen LogP contribution in [0.15, 0.2) is 18.2 Å². The summed E-state index contributed by atoms with van der Waals surface area (Å²) in [7, 11) is 3.14. The van der Waals surface area contributed by atoms with Crippen LogP contribution in [0.25, 0.3) is 0 Å². The molecule has 28 heavy (non-hydrogen) atoms. The van der Waals surface area contributed by atoms with E-state index in [1.165, 1.54) is 0 Å². The van der Waals surface area contributed by atoms with E-state index in [2.05, 4.69) is 0 Å². The molecular weight excluding hydrogens is 358 g/mol. The summed E-state index contributed by atoms with van der Waals surface area (Å²) in [5, 5.41) is 0. The SMILES string of the molecule is COc1ccc(C(=O)C2CC3CCCC(C2)N3C(=O)OC(C)(C)C)cc1OC. The Morgan fingerprint density at radius 2 is 1.61 bits per heavy atom. The van der Waals surface area contributed by atoms with Gasteiger partial charge in [-0.25, -0.2) is 4.79 Å². The van der Waals surface area contributed by atoms with Crippen molar-refractivity contribution in [3.05, 3.63) is 23.8 Å². The van der Waals surface area contributed by atoms with Crippen LogP contribution in [0, 0.1) is 5.92 Å². The molecule has 6 heteroatoms. The molecule has 2 aliphatic rings. The third-order valence-electron chi connectivity index (χ3n) is 5.62. The minimum absolute atomic E-state index is 0.0662. The van der Waals surface area contributed by atoms with Gasteiger partial charge < -0.3 is 19.1 Å². The van der Waals surface area contributed by atoms with Crippen LogP contribution in [0.5, 0.6) is 11.5 Å². The average molecular weight is 389 g/mol. The molecule has 3 rings (SSSR count). The number of carbonyl (C=O) groups is 2. The predicted molar refractivity (Wildman–Crippen MR) is 106 cm³/mol. The van der Waals surface area contributed by atoms with E-state index in [-0.39, 0.29) is 29.9 Å². The van der Waals surface area contributed by atoms with E-state index < -0.39 is 5.60 Å². The Kier molecular flexibility index (Phi) is 5.87. The number of ketones is 1. The van der Waals surface area contributed by atoms with Crippen LogP contribution in [-0.4, -0.2) is 48.7 Å². The lowest BCUT2D eigenvalue weighted by Crippen LogP contribution is -2.56. The number of piperidine rings is 2. The number of fused-ring (bicyclic) bond motifs is 2. The summed E-state index contributed by atoms with van der Waals surface area (Å²) in [5.41, 5.74) is 0.115. The first-order chi connectivity index (χ1) is 13.2. The van der Waals surface area contributed by atoms with Gasteiger partial charge in [0.25, 0.3) is 0 Å². The van der Waals surface area contributed by atoms with E-state index in [1.54, 1.807) is 32.4 Å². The smallest absolute Gasteiger partial charge is 0.410 e. The third-order valence-corrected chi connectivity index (χ3v) is 5.62. The molecule has 0 N–H and O–H groups in total. The van der Waals surface area contributed by atoms with Crippen LogP contribution < -0.4 is 9.47 Å². The van der Waals surface area contributed by atoms with Crippen molar-refractivity contribution >= 4 is 11.9 Å². The van der Waals surface area contributed by atoms with Crippen molar-refractivity contribution in [3.8, 4) is 11.5 Å². The van der Waals surface area contributed by atoms with Gasteiger partial charge in [0.15, 0.2) is 17.3 Å². The molecule has 2 atom stereocenters. The number of hydrogen-bond acceptors (Lipinski definition) is 5. The number of ether oxygens (including phenoxy) is 3. The van der Waals surface area contributed by atoms with Crippen LogP contribution in [0.2, 0.25) is 0 Å². The lowest BCUT2D eigenvalue weighted by molar-refractivity contribution is -0.0260. The van der Waals surface area contributed by atoms with Crippen molar-refractivity contribution < 1.29 is 23.8 Å². The van der Waals surface area contributed by atoms with Crippen molar-refractivity contribution in [2.75, 3.05) is 14.2 Å². The van der Waals surface area contributed by atoms with Gasteiger partial charge in [-0.3, -0.25) is 4.79 Å². The third kappa shape index (κ3) is 4.26. The fraction of sp³-hybridized carbons (Fsp3) is 0.636. The van der Waals surface area contributed by atoms with Crippen molar-refractivity contribution in [3.63, 3.8) is 0 Å². The normalized spacial score (nSPS) is 24.5. The Labute approximate surface area is 167 Å². The van der Waals surface area contributed by atoms with Gasteiger partial charge in [-0.15, -0.1) is 0 Å². The Bertz CT molecular complexity index is 725. The molecule has 2 heterocycles. The molecule has 1 aromatic carbocycles. The van der Waals surface area contributed by atoms with Gasteiger partial charge >= 0.3 is 6.09 Å². The second-order valence-electron chi connectivity index (χ2n) is 8.73. The maximum atomic E-state index is 13.2. The highest BCUT2D eigenvalue weighted by Crippen LogP contribution is 2.40. The van der Waals surface area contributed by atoms with Crippen LogP contribution in [0.3, 0.4) is 0 Å². The molecule has 0 spiro atoms. The Hall–Kier alpha value is -2.24. The number of benzene rings is 1. The number of carbonyl (C=O) groups excluding carboxylic acids is 2. The second kappa shape index (κ2) is 8.02. The van der Waals surface area contributed by atoms with E-state index in [1.807, 2.05) is 25.7 Å². The highest BCUT2D eigenvalue weighted by atomic mass is 16.6. The molecule has 0 aromatic heterocycles. The molecule has 6 nitrogen and oxygen atoms in total. The number of Topliss-reactive ketones (excluding diaryl/α,β-unsaturated/α-hetero) is 1. The maximum Gasteiger partial charge on any atom is 0.410 e. The van der Waals surface area contributed by atoms with Crippen LogP contribution in [0.4, 0.5) is 4.79 Å². The molecule has 0 saturated carbocycles. The summed E-state index contributed by atoms with van der Waals surface area (Å²) in [6, 6.07) is 5.44. The van der Waals surface area contributed by atoms with E-state index in [0.29, 0.717) is 29.9 Å². The fourth-order valence-electron chi connectivity index (χ4n) is 4.43. The van der Waals surface area contributed by atoms with Crippen LogP contribution >= 0.6 is 0 Å². The van der Waals surface area contributed by atoms with E-state index in [9.17, 15) is 9.59 Å². The number of rotatable bonds is 4. The lowest BCUT2D eigenvalue weighted by Gasteiger charge is -2.48. The van der Waals surface area contributed by atoms with E-state index >= 15 is 0 Å². The molecular formula is C22H31NO5. The largest absolute Gasteiger partial charge is 0.493 e. The zero-order valence-electron chi connectivity index (χ0n) is 17.5. The second-order valence-corrected chi connectivity index (χ2v) is 8.73. The van der Waals surface area contributed by atoms with E-state index in [4.69, 9.17) is 14.2 Å². The molecule has 0 aliphatic carbocycles. The summed E-state index contributed by atoms with van der Waals surface area (Å²) in [5.74, 6) is 1.18. The molecule has 2 unspecified atom stereocenters. The van der Waals surface area contributed by atoms with E-state index in [0.717, 1.165) is 19.3 Å². The predicted octanol–water partition coefficient (Wildman–Crippen LogP) is 4.45. The Balaban J connectivity index is 1.76. The standard InChI is InChI=1S/C22H31NO5/c1-22(2,3)28-21(25)23-16-7-6-8-17(23)12-15(11-16)20(24)14-9-10-18(26-4)19(13-14)27-5/h9-10,13,15-17H,6-8,11-12H2,1-5H3. The number of amides is 1. The van der Waals surface area contributed by atoms with Gasteiger partial charge in [-0.05, 0) is 71.1 Å².